The lowest BCUT2D eigenvalue weighted by Gasteiger charge is -2.06. The number of carbonyl (C=O) groups is 2. The van der Waals surface area contributed by atoms with Gasteiger partial charge in [0.15, 0.2) is 0 Å². The van der Waals surface area contributed by atoms with Crippen molar-refractivity contribution in [3.05, 3.63) is 132 Å². The van der Waals surface area contributed by atoms with Crippen LogP contribution in [0.15, 0.2) is 121 Å². The van der Waals surface area contributed by atoms with Crippen molar-refractivity contribution in [2.24, 2.45) is 0 Å². The summed E-state index contributed by atoms with van der Waals surface area (Å²) >= 11 is 0. The van der Waals surface area contributed by atoms with Gasteiger partial charge in [-0.2, -0.15) is 0 Å². The van der Waals surface area contributed by atoms with E-state index >= 15 is 0 Å². The van der Waals surface area contributed by atoms with Crippen LogP contribution in [0.4, 0.5) is 0 Å². The van der Waals surface area contributed by atoms with Crippen LogP contribution in [0.25, 0.3) is 22.3 Å². The second-order valence-corrected chi connectivity index (χ2v) is 10.1. The van der Waals surface area contributed by atoms with Crippen molar-refractivity contribution < 1.29 is 29.3 Å². The highest BCUT2D eigenvalue weighted by Gasteiger charge is 2.06. The maximum Gasteiger partial charge on any atom is 0.338 e. The monoisotopic (exact) mass is 612 g/mol. The first-order valence-corrected chi connectivity index (χ1v) is 14.5. The molecular weight excluding hydrogens is 576 g/mol. The summed E-state index contributed by atoms with van der Waals surface area (Å²) < 4.78 is 10.2. The van der Waals surface area contributed by atoms with Crippen molar-refractivity contribution in [2.75, 3.05) is 13.2 Å². The summed E-state index contributed by atoms with van der Waals surface area (Å²) in [7, 11) is 0. The number of aliphatic hydroxyl groups is 1. The molecule has 0 atom stereocenters. The van der Waals surface area contributed by atoms with Crippen LogP contribution in [-0.4, -0.2) is 35.4 Å². The largest absolute Gasteiger partial charge is 0.508 e. The lowest BCUT2D eigenvalue weighted by Crippen LogP contribution is -2.07. The highest BCUT2D eigenvalue weighted by molar-refractivity contribution is 5.89. The fourth-order valence-electron chi connectivity index (χ4n) is 3.76. The van der Waals surface area contributed by atoms with Gasteiger partial charge in [-0.15, -0.1) is 0 Å². The van der Waals surface area contributed by atoms with E-state index in [0.717, 1.165) is 33.4 Å². The Balaban J connectivity index is 0.000000275. The molecule has 232 valence electrons. The number of phenols is 1. The molecule has 0 radical (unpaired) electrons. The molecule has 4 aromatic rings. The van der Waals surface area contributed by atoms with Gasteiger partial charge in [-0.3, -0.25) is 0 Å². The molecule has 6 heteroatoms. The Kier molecular flexibility index (Phi) is 13.6. The third kappa shape index (κ3) is 11.7. The number of esters is 2. The molecule has 0 amide bonds. The van der Waals surface area contributed by atoms with Gasteiger partial charge < -0.3 is 19.7 Å². The number of benzene rings is 4. The summed E-state index contributed by atoms with van der Waals surface area (Å²) in [4.78, 5) is 22.8. The SMILES string of the molecule is C=C(C)C(=O)OCCC#Cc1ccc(-c2ccc(OC(=O)C(=C)C)cc2)cc1.OCCC#Cc1ccc(-c2ccc(O)cc2)cc1. The zero-order valence-corrected chi connectivity index (χ0v) is 26.0. The Morgan fingerprint density at radius 2 is 1.04 bits per heavy atom. The lowest BCUT2D eigenvalue weighted by molar-refractivity contribution is -0.138. The van der Waals surface area contributed by atoms with E-state index in [4.69, 9.17) is 14.6 Å². The summed E-state index contributed by atoms with van der Waals surface area (Å²) in [6, 6.07) is 30.1. The molecule has 4 aromatic carbocycles. The predicted molar refractivity (Wildman–Crippen MR) is 182 cm³/mol. The zero-order valence-electron chi connectivity index (χ0n) is 26.0. The number of ether oxygens (including phenoxy) is 2. The van der Waals surface area contributed by atoms with Gasteiger partial charge in [-0.25, -0.2) is 9.59 Å². The minimum Gasteiger partial charge on any atom is -0.508 e. The van der Waals surface area contributed by atoms with E-state index in [0.29, 0.717) is 29.7 Å². The van der Waals surface area contributed by atoms with Gasteiger partial charge in [0.1, 0.15) is 18.1 Å². The number of hydrogen-bond donors (Lipinski definition) is 2. The Morgan fingerprint density at radius 3 is 1.48 bits per heavy atom. The summed E-state index contributed by atoms with van der Waals surface area (Å²) in [5.41, 5.74) is 6.72. The van der Waals surface area contributed by atoms with Crippen LogP contribution in [0.1, 0.15) is 37.8 Å². The van der Waals surface area contributed by atoms with Gasteiger partial charge in [0.25, 0.3) is 0 Å². The molecule has 0 spiro atoms. The molecule has 0 saturated carbocycles. The van der Waals surface area contributed by atoms with Crippen molar-refractivity contribution in [3.63, 3.8) is 0 Å². The van der Waals surface area contributed by atoms with E-state index in [1.54, 1.807) is 38.1 Å². The summed E-state index contributed by atoms with van der Waals surface area (Å²) in [5.74, 6) is 11.8. The summed E-state index contributed by atoms with van der Waals surface area (Å²) in [6.45, 7) is 10.6. The number of rotatable bonds is 8. The number of phenolic OH excluding ortho intramolecular Hbond substituents is 1. The Bertz CT molecular complexity index is 1760. The minimum atomic E-state index is -0.440. The zero-order chi connectivity index (χ0) is 33.3. The van der Waals surface area contributed by atoms with Crippen molar-refractivity contribution >= 4 is 11.9 Å². The van der Waals surface area contributed by atoms with Crippen LogP contribution in [0, 0.1) is 23.7 Å². The van der Waals surface area contributed by atoms with Crippen LogP contribution in [0.2, 0.25) is 0 Å². The molecule has 0 saturated heterocycles. The number of hydrogen-bond acceptors (Lipinski definition) is 6. The van der Waals surface area contributed by atoms with Gasteiger partial charge in [0, 0.05) is 35.1 Å². The maximum atomic E-state index is 11.5. The van der Waals surface area contributed by atoms with E-state index in [2.05, 4.69) is 36.8 Å². The molecular formula is C40H36O6. The first kappa shape index (κ1) is 34.7. The fraction of sp³-hybridized carbons (Fsp3) is 0.150. The molecule has 0 aliphatic carbocycles. The molecule has 0 heterocycles. The van der Waals surface area contributed by atoms with E-state index < -0.39 is 11.9 Å². The third-order valence-corrected chi connectivity index (χ3v) is 6.23. The number of aliphatic hydroxyl groups excluding tert-OH is 1. The van der Waals surface area contributed by atoms with E-state index in [1.165, 1.54) is 0 Å². The van der Waals surface area contributed by atoms with Gasteiger partial charge in [-0.05, 0) is 84.6 Å². The lowest BCUT2D eigenvalue weighted by atomic mass is 10.0. The second-order valence-electron chi connectivity index (χ2n) is 10.1. The first-order chi connectivity index (χ1) is 22.2. The molecule has 0 aliphatic heterocycles. The number of aromatic hydroxyl groups is 1. The van der Waals surface area contributed by atoms with Crippen LogP contribution in [-0.2, 0) is 14.3 Å². The molecule has 4 rings (SSSR count). The summed E-state index contributed by atoms with van der Waals surface area (Å²) in [5, 5.41) is 17.9. The molecule has 0 fully saturated rings. The topological polar surface area (TPSA) is 93.1 Å². The molecule has 0 unspecified atom stereocenters. The Morgan fingerprint density at radius 1 is 0.630 bits per heavy atom. The third-order valence-electron chi connectivity index (χ3n) is 6.23. The van der Waals surface area contributed by atoms with E-state index in [1.807, 2.05) is 72.8 Å². The Labute approximate surface area is 270 Å². The molecule has 0 bridgehead atoms. The van der Waals surface area contributed by atoms with Crippen LogP contribution >= 0.6 is 0 Å². The average molecular weight is 613 g/mol. The quantitative estimate of drug-likeness (QED) is 0.0704. The van der Waals surface area contributed by atoms with Crippen LogP contribution < -0.4 is 4.74 Å². The van der Waals surface area contributed by atoms with Crippen molar-refractivity contribution in [2.45, 2.75) is 26.7 Å². The smallest absolute Gasteiger partial charge is 0.338 e. The molecule has 0 aliphatic rings. The highest BCUT2D eigenvalue weighted by Crippen LogP contribution is 2.24. The minimum absolute atomic E-state index is 0.0958. The van der Waals surface area contributed by atoms with Crippen LogP contribution in [0.5, 0.6) is 11.5 Å². The van der Waals surface area contributed by atoms with Crippen molar-refractivity contribution in [1.82, 2.24) is 0 Å². The fourth-order valence-corrected chi connectivity index (χ4v) is 3.76. The van der Waals surface area contributed by atoms with Gasteiger partial charge >= 0.3 is 11.9 Å². The van der Waals surface area contributed by atoms with Crippen molar-refractivity contribution in [3.8, 4) is 57.4 Å². The first-order valence-electron chi connectivity index (χ1n) is 14.5. The standard InChI is InChI=1S/C24H22O4.C16H14O2/c1-17(2)23(25)27-16-6-5-7-19-8-10-20(11-9-19)21-12-14-22(15-13-21)28-24(26)18(3)4;17-12-2-1-3-13-4-6-14(7-5-13)15-8-10-16(18)11-9-15/h8-15H,1,3,6,16H2,2,4H3;4-11,17-18H,2,12H2. The average Bonchev–Trinajstić information content (AvgIpc) is 3.06. The van der Waals surface area contributed by atoms with Crippen LogP contribution in [0.3, 0.4) is 0 Å². The normalized spacial score (nSPS) is 9.63. The van der Waals surface area contributed by atoms with E-state index in [-0.39, 0.29) is 19.0 Å². The molecule has 46 heavy (non-hydrogen) atoms. The van der Waals surface area contributed by atoms with Gasteiger partial charge in [0.2, 0.25) is 0 Å². The molecule has 2 N–H and O–H groups in total. The Hall–Kier alpha value is -5.82. The predicted octanol–water partition coefficient (Wildman–Crippen LogP) is 7.49. The second kappa shape index (κ2) is 18.1. The van der Waals surface area contributed by atoms with Gasteiger partial charge in [0.05, 0.1) is 6.61 Å². The molecule has 6 nitrogen and oxygen atoms in total. The maximum absolute atomic E-state index is 11.5. The van der Waals surface area contributed by atoms with Gasteiger partial charge in [-0.1, -0.05) is 85.4 Å². The van der Waals surface area contributed by atoms with E-state index in [9.17, 15) is 14.7 Å². The molecule has 0 aromatic heterocycles. The number of carbonyl (C=O) groups excluding carboxylic acids is 2. The summed E-state index contributed by atoms with van der Waals surface area (Å²) in [6.07, 6.45) is 0.963. The van der Waals surface area contributed by atoms with Crippen molar-refractivity contribution in [1.29, 1.82) is 0 Å². The highest BCUT2D eigenvalue weighted by atomic mass is 16.5.